The number of rotatable bonds is 6. The van der Waals surface area contributed by atoms with Gasteiger partial charge in [0.15, 0.2) is 0 Å². The Morgan fingerprint density at radius 3 is 2.70 bits per heavy atom. The highest BCUT2D eigenvalue weighted by atomic mass is 16.5. The summed E-state index contributed by atoms with van der Waals surface area (Å²) in [5.41, 5.74) is 1.42. The number of hydrogen-bond acceptors (Lipinski definition) is 2. The lowest BCUT2D eigenvalue weighted by molar-refractivity contribution is 0.275. The molecule has 1 aliphatic carbocycles. The fourth-order valence-corrected chi connectivity index (χ4v) is 3.32. The van der Waals surface area contributed by atoms with E-state index in [0.29, 0.717) is 12.0 Å². The molecule has 1 aromatic carbocycles. The van der Waals surface area contributed by atoms with Gasteiger partial charge in [0.05, 0.1) is 6.61 Å². The molecular formula is C18H29NO. The standard InChI is InChI=1S/C18H29NO/c1-4-20-18-12-8-7-11-17(18)16-10-6-5-9-15(16)13-19-14(2)3/h7-8,11-12,14-16,19H,4-6,9-10,13H2,1-3H3. The predicted molar refractivity (Wildman–Crippen MR) is 85.4 cm³/mol. The minimum Gasteiger partial charge on any atom is -0.494 e. The summed E-state index contributed by atoms with van der Waals surface area (Å²) in [5, 5.41) is 3.63. The molecule has 1 saturated carbocycles. The average molecular weight is 275 g/mol. The van der Waals surface area contributed by atoms with Crippen LogP contribution in [0.1, 0.15) is 57.9 Å². The number of hydrogen-bond donors (Lipinski definition) is 1. The van der Waals surface area contributed by atoms with E-state index in [1.165, 1.54) is 31.2 Å². The molecule has 112 valence electrons. The molecule has 0 bridgehead atoms. The zero-order chi connectivity index (χ0) is 14.4. The Labute approximate surface area is 123 Å². The summed E-state index contributed by atoms with van der Waals surface area (Å²) in [4.78, 5) is 0. The Morgan fingerprint density at radius 1 is 1.20 bits per heavy atom. The molecule has 20 heavy (non-hydrogen) atoms. The minimum atomic E-state index is 0.569. The van der Waals surface area contributed by atoms with Crippen molar-refractivity contribution in [2.75, 3.05) is 13.2 Å². The van der Waals surface area contributed by atoms with Gasteiger partial charge in [0.2, 0.25) is 0 Å². The predicted octanol–water partition coefficient (Wildman–Crippen LogP) is 4.36. The van der Waals surface area contributed by atoms with Crippen molar-refractivity contribution in [1.82, 2.24) is 5.32 Å². The van der Waals surface area contributed by atoms with Gasteiger partial charge in [-0.2, -0.15) is 0 Å². The van der Waals surface area contributed by atoms with Crippen LogP contribution >= 0.6 is 0 Å². The highest BCUT2D eigenvalue weighted by Crippen LogP contribution is 2.41. The Bertz CT molecular complexity index is 402. The van der Waals surface area contributed by atoms with Crippen LogP contribution < -0.4 is 10.1 Å². The van der Waals surface area contributed by atoms with Gasteiger partial charge >= 0.3 is 0 Å². The molecule has 0 heterocycles. The Hall–Kier alpha value is -1.02. The van der Waals surface area contributed by atoms with E-state index in [-0.39, 0.29) is 0 Å². The molecule has 1 aliphatic rings. The first-order chi connectivity index (χ1) is 9.72. The number of ether oxygens (including phenoxy) is 1. The van der Waals surface area contributed by atoms with Crippen molar-refractivity contribution in [3.63, 3.8) is 0 Å². The van der Waals surface area contributed by atoms with Crippen molar-refractivity contribution in [3.8, 4) is 5.75 Å². The number of benzene rings is 1. The van der Waals surface area contributed by atoms with Crippen LogP contribution in [0, 0.1) is 5.92 Å². The summed E-state index contributed by atoms with van der Waals surface area (Å²) >= 11 is 0. The van der Waals surface area contributed by atoms with Crippen LogP contribution in [0.25, 0.3) is 0 Å². The first-order valence-corrected chi connectivity index (χ1v) is 8.17. The largest absolute Gasteiger partial charge is 0.494 e. The van der Waals surface area contributed by atoms with Crippen molar-refractivity contribution in [2.24, 2.45) is 5.92 Å². The molecule has 0 aliphatic heterocycles. The monoisotopic (exact) mass is 275 g/mol. The normalized spacial score (nSPS) is 23.0. The van der Waals surface area contributed by atoms with Gasteiger partial charge in [-0.1, -0.05) is 44.9 Å². The highest BCUT2D eigenvalue weighted by Gasteiger charge is 2.28. The van der Waals surface area contributed by atoms with Crippen molar-refractivity contribution in [3.05, 3.63) is 29.8 Å². The maximum Gasteiger partial charge on any atom is 0.122 e. The maximum atomic E-state index is 5.84. The lowest BCUT2D eigenvalue weighted by atomic mass is 9.75. The molecule has 2 unspecified atom stereocenters. The quantitative estimate of drug-likeness (QED) is 0.833. The Balaban J connectivity index is 2.14. The second kappa shape index (κ2) is 7.68. The lowest BCUT2D eigenvalue weighted by Gasteiger charge is -2.33. The van der Waals surface area contributed by atoms with Gasteiger partial charge in [-0.15, -0.1) is 0 Å². The van der Waals surface area contributed by atoms with Gasteiger partial charge < -0.3 is 10.1 Å². The van der Waals surface area contributed by atoms with Crippen molar-refractivity contribution >= 4 is 0 Å². The molecule has 1 aromatic rings. The summed E-state index contributed by atoms with van der Waals surface area (Å²) in [6, 6.07) is 9.20. The van der Waals surface area contributed by atoms with Crippen LogP contribution in [-0.2, 0) is 0 Å². The van der Waals surface area contributed by atoms with Crippen LogP contribution in [-0.4, -0.2) is 19.2 Å². The molecule has 0 saturated heterocycles. The maximum absolute atomic E-state index is 5.84. The first-order valence-electron chi connectivity index (χ1n) is 8.17. The molecular weight excluding hydrogens is 246 g/mol. The summed E-state index contributed by atoms with van der Waals surface area (Å²) in [6.07, 6.45) is 5.36. The Morgan fingerprint density at radius 2 is 1.95 bits per heavy atom. The summed E-state index contributed by atoms with van der Waals surface area (Å²) in [5.74, 6) is 2.49. The second-order valence-electron chi connectivity index (χ2n) is 6.18. The summed E-state index contributed by atoms with van der Waals surface area (Å²) in [6.45, 7) is 8.40. The van der Waals surface area contributed by atoms with E-state index in [1.807, 2.05) is 0 Å². The molecule has 0 spiro atoms. The third kappa shape index (κ3) is 3.99. The van der Waals surface area contributed by atoms with E-state index >= 15 is 0 Å². The summed E-state index contributed by atoms with van der Waals surface area (Å²) < 4.78 is 5.84. The summed E-state index contributed by atoms with van der Waals surface area (Å²) in [7, 11) is 0. The van der Waals surface area contributed by atoms with Crippen LogP contribution in [0.2, 0.25) is 0 Å². The van der Waals surface area contributed by atoms with Crippen LogP contribution in [0.3, 0.4) is 0 Å². The first kappa shape index (κ1) is 15.4. The van der Waals surface area contributed by atoms with Gasteiger partial charge in [-0.25, -0.2) is 0 Å². The second-order valence-corrected chi connectivity index (χ2v) is 6.18. The number of nitrogens with one attached hydrogen (secondary N) is 1. The van der Waals surface area contributed by atoms with Crippen molar-refractivity contribution < 1.29 is 4.74 Å². The van der Waals surface area contributed by atoms with Gasteiger partial charge in [-0.3, -0.25) is 0 Å². The fourth-order valence-electron chi connectivity index (χ4n) is 3.32. The van der Waals surface area contributed by atoms with E-state index in [0.717, 1.165) is 24.8 Å². The molecule has 2 atom stereocenters. The van der Waals surface area contributed by atoms with Gasteiger partial charge in [0.25, 0.3) is 0 Å². The van der Waals surface area contributed by atoms with Crippen molar-refractivity contribution in [2.45, 2.75) is 58.4 Å². The zero-order valence-corrected chi connectivity index (χ0v) is 13.2. The fraction of sp³-hybridized carbons (Fsp3) is 0.667. The lowest BCUT2D eigenvalue weighted by Crippen LogP contribution is -2.33. The van der Waals surface area contributed by atoms with Crippen LogP contribution in [0.4, 0.5) is 0 Å². The number of para-hydroxylation sites is 1. The van der Waals surface area contributed by atoms with E-state index < -0.39 is 0 Å². The third-order valence-corrected chi connectivity index (χ3v) is 4.32. The molecule has 2 nitrogen and oxygen atoms in total. The SMILES string of the molecule is CCOc1ccccc1C1CCCCC1CNC(C)C. The van der Waals surface area contributed by atoms with E-state index in [9.17, 15) is 0 Å². The molecule has 1 N–H and O–H groups in total. The average Bonchev–Trinajstić information content (AvgIpc) is 2.46. The Kier molecular flexibility index (Phi) is 5.90. The van der Waals surface area contributed by atoms with Gasteiger partial charge in [0, 0.05) is 6.04 Å². The van der Waals surface area contributed by atoms with E-state index in [2.05, 4.69) is 50.4 Å². The van der Waals surface area contributed by atoms with Crippen molar-refractivity contribution in [1.29, 1.82) is 0 Å². The smallest absolute Gasteiger partial charge is 0.122 e. The molecule has 0 amide bonds. The molecule has 0 aromatic heterocycles. The topological polar surface area (TPSA) is 21.3 Å². The van der Waals surface area contributed by atoms with Crippen LogP contribution in [0.5, 0.6) is 5.75 Å². The minimum absolute atomic E-state index is 0.569. The molecule has 1 fully saturated rings. The van der Waals surface area contributed by atoms with Gasteiger partial charge in [0.1, 0.15) is 5.75 Å². The van der Waals surface area contributed by atoms with E-state index in [4.69, 9.17) is 4.74 Å². The third-order valence-electron chi connectivity index (χ3n) is 4.32. The van der Waals surface area contributed by atoms with Gasteiger partial charge in [-0.05, 0) is 49.8 Å². The zero-order valence-electron chi connectivity index (χ0n) is 13.2. The van der Waals surface area contributed by atoms with Crippen LogP contribution in [0.15, 0.2) is 24.3 Å². The highest BCUT2D eigenvalue weighted by molar-refractivity contribution is 5.37. The molecule has 2 rings (SSSR count). The molecule has 0 radical (unpaired) electrons. The molecule has 2 heteroatoms. The van der Waals surface area contributed by atoms with E-state index in [1.54, 1.807) is 0 Å².